The van der Waals surface area contributed by atoms with Crippen LogP contribution in [0.15, 0.2) is 24.3 Å². The summed E-state index contributed by atoms with van der Waals surface area (Å²) in [5, 5.41) is 8.04. The van der Waals surface area contributed by atoms with E-state index in [0.29, 0.717) is 6.42 Å². The molecule has 2 rings (SSSR count). The molecular formula is C14H20O2. The monoisotopic (exact) mass is 220 g/mol. The molecular weight excluding hydrogens is 200 g/mol. The van der Waals surface area contributed by atoms with Crippen molar-refractivity contribution in [2.75, 3.05) is 0 Å². The predicted molar refractivity (Wildman–Crippen MR) is 65.6 cm³/mol. The molecule has 16 heavy (non-hydrogen) atoms. The van der Waals surface area contributed by atoms with Crippen molar-refractivity contribution in [3.05, 3.63) is 35.4 Å². The minimum absolute atomic E-state index is 0.316. The van der Waals surface area contributed by atoms with Crippen LogP contribution in [0.3, 0.4) is 0 Å². The molecule has 1 aliphatic rings. The molecule has 0 radical (unpaired) electrons. The molecule has 88 valence electrons. The van der Waals surface area contributed by atoms with Crippen LogP contribution < -0.4 is 0 Å². The molecule has 0 saturated heterocycles. The Morgan fingerprint density at radius 1 is 1.25 bits per heavy atom. The maximum atomic E-state index is 9.76. The van der Waals surface area contributed by atoms with Crippen molar-refractivity contribution in [1.82, 2.24) is 0 Å². The number of aliphatic carboxylic acids is 1. The standard InChI is InChI=1S/C9H10.C5H10O2/c1-2-5-9-7-3-6-8(9)4-1;1-2-3-4-5(6)7/h1-2,4-5H,3,6-7H2;2-4H2,1H3,(H,6,7). The number of hydrogen-bond acceptors (Lipinski definition) is 1. The Hall–Kier alpha value is -1.31. The van der Waals surface area contributed by atoms with Gasteiger partial charge in [0, 0.05) is 6.42 Å². The summed E-state index contributed by atoms with van der Waals surface area (Å²) < 4.78 is 0. The molecule has 0 fully saturated rings. The summed E-state index contributed by atoms with van der Waals surface area (Å²) in [7, 11) is 0. The van der Waals surface area contributed by atoms with Crippen LogP contribution in [0, 0.1) is 0 Å². The van der Waals surface area contributed by atoms with Crippen LogP contribution >= 0.6 is 0 Å². The van der Waals surface area contributed by atoms with Gasteiger partial charge in [-0.3, -0.25) is 4.79 Å². The second-order valence-corrected chi connectivity index (χ2v) is 4.12. The zero-order valence-corrected chi connectivity index (χ0v) is 9.91. The Balaban J connectivity index is 0.000000168. The normalized spacial score (nSPS) is 12.6. The molecule has 1 N–H and O–H groups in total. The largest absolute Gasteiger partial charge is 0.481 e. The van der Waals surface area contributed by atoms with Crippen LogP contribution in [0.25, 0.3) is 0 Å². The van der Waals surface area contributed by atoms with Crippen molar-refractivity contribution in [2.45, 2.75) is 45.4 Å². The molecule has 2 heteroatoms. The fourth-order valence-electron chi connectivity index (χ4n) is 1.84. The van der Waals surface area contributed by atoms with E-state index < -0.39 is 5.97 Å². The first-order valence-electron chi connectivity index (χ1n) is 6.02. The van der Waals surface area contributed by atoms with Crippen LogP contribution in [0.5, 0.6) is 0 Å². The van der Waals surface area contributed by atoms with Crippen LogP contribution in [0.2, 0.25) is 0 Å². The first kappa shape index (κ1) is 12.8. The van der Waals surface area contributed by atoms with Gasteiger partial charge in [0.1, 0.15) is 0 Å². The number of rotatable bonds is 3. The van der Waals surface area contributed by atoms with Gasteiger partial charge < -0.3 is 5.11 Å². The number of fused-ring (bicyclic) bond motifs is 1. The van der Waals surface area contributed by atoms with Gasteiger partial charge in [-0.1, -0.05) is 37.6 Å². The first-order valence-corrected chi connectivity index (χ1v) is 6.02. The highest BCUT2D eigenvalue weighted by Crippen LogP contribution is 2.20. The molecule has 0 amide bonds. The summed E-state index contributed by atoms with van der Waals surface area (Å²) in [6, 6.07) is 8.74. The van der Waals surface area contributed by atoms with Gasteiger partial charge >= 0.3 is 5.97 Å². The summed E-state index contributed by atoms with van der Waals surface area (Å²) in [4.78, 5) is 9.76. The van der Waals surface area contributed by atoms with Crippen molar-refractivity contribution in [1.29, 1.82) is 0 Å². The van der Waals surface area contributed by atoms with Gasteiger partial charge in [0.05, 0.1) is 0 Å². The van der Waals surface area contributed by atoms with Crippen LogP contribution in [0.4, 0.5) is 0 Å². The Morgan fingerprint density at radius 3 is 2.19 bits per heavy atom. The lowest BCUT2D eigenvalue weighted by molar-refractivity contribution is -0.137. The van der Waals surface area contributed by atoms with Gasteiger partial charge in [-0.2, -0.15) is 0 Å². The molecule has 0 saturated carbocycles. The average molecular weight is 220 g/mol. The summed E-state index contributed by atoms with van der Waals surface area (Å²) in [6.45, 7) is 1.98. The lowest BCUT2D eigenvalue weighted by atomic mass is 10.1. The number of carboxylic acid groups (broad SMARTS) is 1. The van der Waals surface area contributed by atoms with E-state index in [1.807, 2.05) is 6.92 Å². The summed E-state index contributed by atoms with van der Waals surface area (Å²) in [6.07, 6.45) is 6.05. The van der Waals surface area contributed by atoms with Crippen LogP contribution in [0.1, 0.15) is 43.7 Å². The molecule has 0 spiro atoms. The zero-order valence-electron chi connectivity index (χ0n) is 9.91. The number of aryl methyl sites for hydroxylation is 2. The number of hydrogen-bond donors (Lipinski definition) is 1. The second kappa shape index (κ2) is 7.04. The van der Waals surface area contributed by atoms with Crippen LogP contribution in [-0.2, 0) is 17.6 Å². The highest BCUT2D eigenvalue weighted by atomic mass is 16.4. The van der Waals surface area contributed by atoms with Gasteiger partial charge in [0.25, 0.3) is 0 Å². The van der Waals surface area contributed by atoms with E-state index in [-0.39, 0.29) is 0 Å². The first-order chi connectivity index (χ1) is 7.74. The van der Waals surface area contributed by atoms with Gasteiger partial charge in [0.2, 0.25) is 0 Å². The summed E-state index contributed by atoms with van der Waals surface area (Å²) >= 11 is 0. The van der Waals surface area contributed by atoms with Crippen molar-refractivity contribution in [2.24, 2.45) is 0 Å². The Labute approximate surface area is 97.3 Å². The lowest BCUT2D eigenvalue weighted by Crippen LogP contribution is -1.91. The van der Waals surface area contributed by atoms with Gasteiger partial charge in [-0.15, -0.1) is 0 Å². The molecule has 2 nitrogen and oxygen atoms in total. The number of unbranched alkanes of at least 4 members (excludes halogenated alkanes) is 1. The number of benzene rings is 1. The molecule has 0 unspecified atom stereocenters. The van der Waals surface area contributed by atoms with Gasteiger partial charge in [-0.05, 0) is 36.8 Å². The Morgan fingerprint density at radius 2 is 1.81 bits per heavy atom. The minimum Gasteiger partial charge on any atom is -0.481 e. The van der Waals surface area contributed by atoms with Crippen molar-refractivity contribution in [3.8, 4) is 0 Å². The fraction of sp³-hybridized carbons (Fsp3) is 0.500. The topological polar surface area (TPSA) is 37.3 Å². The third-order valence-corrected chi connectivity index (χ3v) is 2.75. The Bertz CT molecular complexity index is 308. The lowest BCUT2D eigenvalue weighted by Gasteiger charge is -1.93. The molecule has 0 heterocycles. The Kier molecular flexibility index (Phi) is 5.62. The molecule has 0 aliphatic heterocycles. The summed E-state index contributed by atoms with van der Waals surface area (Å²) in [5.74, 6) is -0.693. The number of carbonyl (C=O) groups is 1. The SMILES string of the molecule is CCCCC(=O)O.c1ccc2c(c1)CCC2. The quantitative estimate of drug-likeness (QED) is 0.847. The maximum absolute atomic E-state index is 9.76. The highest BCUT2D eigenvalue weighted by molar-refractivity contribution is 5.66. The smallest absolute Gasteiger partial charge is 0.303 e. The molecule has 0 bridgehead atoms. The van der Waals surface area contributed by atoms with Crippen molar-refractivity contribution >= 4 is 5.97 Å². The van der Waals surface area contributed by atoms with Crippen LogP contribution in [-0.4, -0.2) is 11.1 Å². The van der Waals surface area contributed by atoms with Crippen molar-refractivity contribution in [3.63, 3.8) is 0 Å². The van der Waals surface area contributed by atoms with Gasteiger partial charge in [0.15, 0.2) is 0 Å². The van der Waals surface area contributed by atoms with E-state index >= 15 is 0 Å². The van der Waals surface area contributed by atoms with E-state index in [2.05, 4.69) is 24.3 Å². The average Bonchev–Trinajstić information content (AvgIpc) is 2.75. The zero-order chi connectivity index (χ0) is 11.8. The molecule has 1 aromatic carbocycles. The van der Waals surface area contributed by atoms with E-state index in [1.165, 1.54) is 19.3 Å². The second-order valence-electron chi connectivity index (χ2n) is 4.12. The molecule has 1 aromatic rings. The molecule has 0 atom stereocenters. The number of carboxylic acids is 1. The third kappa shape index (κ3) is 4.47. The van der Waals surface area contributed by atoms with E-state index in [1.54, 1.807) is 11.1 Å². The van der Waals surface area contributed by atoms with E-state index in [9.17, 15) is 4.79 Å². The minimum atomic E-state index is -0.693. The van der Waals surface area contributed by atoms with E-state index in [0.717, 1.165) is 12.8 Å². The third-order valence-electron chi connectivity index (χ3n) is 2.75. The summed E-state index contributed by atoms with van der Waals surface area (Å²) in [5.41, 5.74) is 3.13. The predicted octanol–water partition coefficient (Wildman–Crippen LogP) is 3.44. The maximum Gasteiger partial charge on any atom is 0.303 e. The van der Waals surface area contributed by atoms with E-state index in [4.69, 9.17) is 5.11 Å². The van der Waals surface area contributed by atoms with Crippen molar-refractivity contribution < 1.29 is 9.90 Å². The highest BCUT2D eigenvalue weighted by Gasteiger charge is 2.07. The molecule has 1 aliphatic carbocycles. The van der Waals surface area contributed by atoms with Gasteiger partial charge in [-0.25, -0.2) is 0 Å². The molecule has 0 aromatic heterocycles. The fourth-order valence-corrected chi connectivity index (χ4v) is 1.84.